The fourth-order valence-electron chi connectivity index (χ4n) is 2.83. The Morgan fingerprint density at radius 2 is 2.14 bits per heavy atom. The molecular weight excluding hydrogens is 372 g/mol. The molecule has 0 radical (unpaired) electrons. The molecule has 9 heteroatoms. The van der Waals surface area contributed by atoms with E-state index in [2.05, 4.69) is 37.5 Å². The van der Waals surface area contributed by atoms with E-state index in [0.29, 0.717) is 18.0 Å². The Morgan fingerprint density at radius 3 is 2.83 bits per heavy atom. The van der Waals surface area contributed by atoms with Crippen LogP contribution >= 0.6 is 0 Å². The van der Waals surface area contributed by atoms with Crippen molar-refractivity contribution in [3.8, 4) is 0 Å². The Hall–Kier alpha value is -3.75. The minimum Gasteiger partial charge on any atom is -0.484 e. The van der Waals surface area contributed by atoms with E-state index in [1.165, 1.54) is 0 Å². The first-order valence-corrected chi connectivity index (χ1v) is 9.09. The van der Waals surface area contributed by atoms with Gasteiger partial charge in [-0.05, 0) is 32.2 Å². The van der Waals surface area contributed by atoms with E-state index >= 15 is 0 Å². The molecule has 0 saturated carbocycles. The zero-order valence-corrected chi connectivity index (χ0v) is 16.2. The van der Waals surface area contributed by atoms with Crippen molar-refractivity contribution in [1.82, 2.24) is 25.8 Å². The van der Waals surface area contributed by atoms with Gasteiger partial charge >= 0.3 is 0 Å². The first-order chi connectivity index (χ1) is 14.0. The molecule has 1 aromatic carbocycles. The normalized spacial score (nSPS) is 19.4. The lowest BCUT2D eigenvalue weighted by Gasteiger charge is -2.21. The summed E-state index contributed by atoms with van der Waals surface area (Å²) < 4.78 is 5.77. The number of hydrogen-bond acceptors (Lipinski definition) is 6. The van der Waals surface area contributed by atoms with Crippen LogP contribution in [0.2, 0.25) is 0 Å². The van der Waals surface area contributed by atoms with Crippen molar-refractivity contribution in [1.29, 1.82) is 0 Å². The first-order valence-electron chi connectivity index (χ1n) is 9.09. The molecule has 0 aliphatic carbocycles. The second-order valence-corrected chi connectivity index (χ2v) is 6.40. The maximum Gasteiger partial charge on any atom is 0.291 e. The predicted molar refractivity (Wildman–Crippen MR) is 107 cm³/mol. The van der Waals surface area contributed by atoms with Crippen molar-refractivity contribution in [2.24, 2.45) is 4.99 Å². The zero-order valence-electron chi connectivity index (χ0n) is 16.2. The number of amides is 2. The molecule has 3 N–H and O–H groups in total. The number of aromatic nitrogens is 3. The van der Waals surface area contributed by atoms with E-state index in [1.807, 2.05) is 37.3 Å². The summed E-state index contributed by atoms with van der Waals surface area (Å²) in [6, 6.07) is 8.73. The molecule has 2 aromatic rings. The highest BCUT2D eigenvalue weighted by Gasteiger charge is 2.34. The maximum absolute atomic E-state index is 12.6. The van der Waals surface area contributed by atoms with Gasteiger partial charge in [-0.15, -0.1) is 5.10 Å². The van der Waals surface area contributed by atoms with E-state index in [4.69, 9.17) is 4.74 Å². The molecule has 2 amide bonds. The van der Waals surface area contributed by atoms with E-state index < -0.39 is 24.0 Å². The highest BCUT2D eigenvalue weighted by molar-refractivity contribution is 5.95. The molecule has 1 aliphatic rings. The second-order valence-electron chi connectivity index (χ2n) is 6.40. The number of rotatable bonds is 6. The summed E-state index contributed by atoms with van der Waals surface area (Å²) in [5.74, 6) is 0.00414. The van der Waals surface area contributed by atoms with Crippen molar-refractivity contribution < 1.29 is 14.3 Å². The van der Waals surface area contributed by atoms with Crippen LogP contribution in [0.1, 0.15) is 35.9 Å². The van der Waals surface area contributed by atoms with Gasteiger partial charge in [-0.25, -0.2) is 9.98 Å². The molecule has 2 atom stereocenters. The van der Waals surface area contributed by atoms with Crippen molar-refractivity contribution in [2.45, 2.75) is 32.4 Å². The average Bonchev–Trinajstić information content (AvgIpc) is 3.14. The van der Waals surface area contributed by atoms with Gasteiger partial charge in [0, 0.05) is 6.42 Å². The number of carbonyl (C=O) groups excluding carboxylic acids is 2. The summed E-state index contributed by atoms with van der Waals surface area (Å²) in [5, 5.41) is 11.9. The van der Waals surface area contributed by atoms with Gasteiger partial charge in [0.25, 0.3) is 11.8 Å². The van der Waals surface area contributed by atoms with Crippen molar-refractivity contribution >= 4 is 18.5 Å². The summed E-state index contributed by atoms with van der Waals surface area (Å²) in [5.41, 5.74) is 1.04. The van der Waals surface area contributed by atoms with Crippen molar-refractivity contribution in [3.63, 3.8) is 0 Å². The van der Waals surface area contributed by atoms with E-state index in [0.717, 1.165) is 5.56 Å². The Bertz CT molecular complexity index is 964. The maximum atomic E-state index is 12.6. The molecule has 1 aliphatic heterocycles. The average molecular weight is 394 g/mol. The lowest BCUT2D eigenvalue weighted by atomic mass is 10.1. The molecule has 0 saturated heterocycles. The quantitative estimate of drug-likeness (QED) is 0.641. The minimum absolute atomic E-state index is 0.0520. The molecule has 29 heavy (non-hydrogen) atoms. The molecule has 1 aromatic heterocycles. The summed E-state index contributed by atoms with van der Waals surface area (Å²) in [6.45, 7) is 6.93. The van der Waals surface area contributed by atoms with Crippen LogP contribution in [0.3, 0.4) is 0 Å². The molecular formula is C20H22N6O3. The summed E-state index contributed by atoms with van der Waals surface area (Å²) >= 11 is 0. The monoisotopic (exact) mass is 394 g/mol. The molecule has 150 valence electrons. The minimum atomic E-state index is -0.960. The van der Waals surface area contributed by atoms with E-state index in [9.17, 15) is 9.59 Å². The zero-order chi connectivity index (χ0) is 20.8. The third-order valence-corrected chi connectivity index (χ3v) is 4.25. The first kappa shape index (κ1) is 20.0. The van der Waals surface area contributed by atoms with Gasteiger partial charge < -0.3 is 15.4 Å². The van der Waals surface area contributed by atoms with Crippen LogP contribution in [0.15, 0.2) is 59.1 Å². The van der Waals surface area contributed by atoms with Crippen LogP contribution < -0.4 is 10.6 Å². The number of benzene rings is 1. The lowest BCUT2D eigenvalue weighted by Crippen LogP contribution is -2.51. The summed E-state index contributed by atoms with van der Waals surface area (Å²) in [4.78, 5) is 33.1. The van der Waals surface area contributed by atoms with Gasteiger partial charge in [0.1, 0.15) is 18.0 Å². The number of carbonyl (C=O) groups is 2. The van der Waals surface area contributed by atoms with Crippen LogP contribution in [-0.4, -0.2) is 45.9 Å². The topological polar surface area (TPSA) is 121 Å². The molecule has 0 bridgehead atoms. The van der Waals surface area contributed by atoms with E-state index in [-0.39, 0.29) is 11.6 Å². The molecule has 0 fully saturated rings. The number of aromatic amines is 1. The number of nitrogens with zero attached hydrogens (tertiary/aromatic N) is 3. The largest absolute Gasteiger partial charge is 0.484 e. The Morgan fingerprint density at radius 1 is 1.38 bits per heavy atom. The number of H-pyrrole nitrogens is 1. The van der Waals surface area contributed by atoms with Crippen LogP contribution in [0.5, 0.6) is 0 Å². The van der Waals surface area contributed by atoms with Crippen molar-refractivity contribution in [2.75, 3.05) is 0 Å². The number of aliphatic imine (C=N–C) groups is 1. The van der Waals surface area contributed by atoms with Gasteiger partial charge in [0.15, 0.2) is 11.6 Å². The molecule has 9 nitrogen and oxygen atoms in total. The summed E-state index contributed by atoms with van der Waals surface area (Å²) in [7, 11) is 0. The third-order valence-electron chi connectivity index (χ3n) is 4.25. The molecule has 0 unspecified atom stereocenters. The van der Waals surface area contributed by atoms with Gasteiger partial charge in [-0.1, -0.05) is 36.4 Å². The molecule has 3 rings (SSSR count). The fraction of sp³-hybridized carbons (Fsp3) is 0.250. The molecule has 2 heterocycles. The number of hydrogen-bond donors (Lipinski definition) is 3. The predicted octanol–water partition coefficient (Wildman–Crippen LogP) is 1.47. The Balaban J connectivity index is 1.70. The molecule has 0 spiro atoms. The van der Waals surface area contributed by atoms with Crippen molar-refractivity contribution in [3.05, 3.63) is 71.3 Å². The highest BCUT2D eigenvalue weighted by atomic mass is 16.5. The van der Waals surface area contributed by atoms with E-state index in [1.54, 1.807) is 19.1 Å². The Kier molecular flexibility index (Phi) is 6.18. The van der Waals surface area contributed by atoms with Crippen LogP contribution in [0.4, 0.5) is 0 Å². The SMILES string of the molecule is C=NC1=C(/C=C\C)O[C@H](C)[C@H](NC(=O)c2n[nH]c(Cc3ccccc3)n2)C(=O)N1. The number of nitrogens with one attached hydrogen (secondary N) is 3. The third kappa shape index (κ3) is 4.75. The standard InChI is InChI=1S/C20H22N6O3/c1-4-8-14-17(21-3)24-19(27)16(12(2)29-14)23-20(28)18-22-15(25-26-18)11-13-9-6-5-7-10-13/h4-10,12,16H,3,11H2,1-2H3,(H,23,28)(H,24,27)(H,22,25,26)/b8-4-/t12-,16+/m1/s1. The van der Waals surface area contributed by atoms with Crippen LogP contribution in [0.25, 0.3) is 0 Å². The van der Waals surface area contributed by atoms with Gasteiger partial charge in [-0.3, -0.25) is 14.7 Å². The number of ether oxygens (including phenoxy) is 1. The smallest absolute Gasteiger partial charge is 0.291 e. The highest BCUT2D eigenvalue weighted by Crippen LogP contribution is 2.17. The Labute approximate surface area is 168 Å². The van der Waals surface area contributed by atoms with Crippen LogP contribution in [-0.2, 0) is 16.0 Å². The van der Waals surface area contributed by atoms with Gasteiger partial charge in [-0.2, -0.15) is 0 Å². The van der Waals surface area contributed by atoms with Gasteiger partial charge in [0.05, 0.1) is 0 Å². The second kappa shape index (κ2) is 8.96. The fourth-order valence-corrected chi connectivity index (χ4v) is 2.83. The lowest BCUT2D eigenvalue weighted by molar-refractivity contribution is -0.124. The number of allylic oxidation sites excluding steroid dienone is 2. The van der Waals surface area contributed by atoms with Crippen LogP contribution in [0, 0.1) is 0 Å². The van der Waals surface area contributed by atoms with Gasteiger partial charge in [0.2, 0.25) is 5.82 Å². The summed E-state index contributed by atoms with van der Waals surface area (Å²) in [6.07, 6.45) is 3.28.